The van der Waals surface area contributed by atoms with Gasteiger partial charge in [0.2, 0.25) is 12.5 Å². The predicted molar refractivity (Wildman–Crippen MR) is 50.5 cm³/mol. The number of anilines is 1. The first-order valence-corrected chi connectivity index (χ1v) is 4.14. The van der Waals surface area contributed by atoms with E-state index in [0.717, 1.165) is 0 Å². The number of hydrogen-bond donors (Lipinski definition) is 2. The van der Waals surface area contributed by atoms with Gasteiger partial charge in [-0.2, -0.15) is 0 Å². The van der Waals surface area contributed by atoms with E-state index in [1.165, 1.54) is 13.2 Å². The van der Waals surface area contributed by atoms with Crippen LogP contribution in [0.2, 0.25) is 0 Å². The van der Waals surface area contributed by atoms with Crippen molar-refractivity contribution in [2.24, 2.45) is 0 Å². The fourth-order valence-electron chi connectivity index (χ4n) is 1.39. The molecule has 3 N–H and O–H groups in total. The normalized spacial score (nSPS) is 12.6. The van der Waals surface area contributed by atoms with Crippen LogP contribution >= 0.6 is 0 Å². The standard InChI is InChI=1S/C9H9NO5/c1-13-5-2-4(9(11)12)6(10)8-7(5)14-3-15-8/h2H,3,10H2,1H3,(H,11,12). The first-order valence-electron chi connectivity index (χ1n) is 4.14. The van der Waals surface area contributed by atoms with Crippen LogP contribution in [0.3, 0.4) is 0 Å². The topological polar surface area (TPSA) is 91.0 Å². The van der Waals surface area contributed by atoms with E-state index >= 15 is 0 Å². The Morgan fingerprint density at radius 3 is 2.80 bits per heavy atom. The fourth-order valence-corrected chi connectivity index (χ4v) is 1.39. The van der Waals surface area contributed by atoms with Crippen LogP contribution < -0.4 is 19.9 Å². The SMILES string of the molecule is COc1cc(C(=O)O)c(N)c2c1OCO2. The predicted octanol–water partition coefficient (Wildman–Crippen LogP) is 0.704. The van der Waals surface area contributed by atoms with Gasteiger partial charge in [-0.15, -0.1) is 0 Å². The molecule has 80 valence electrons. The van der Waals surface area contributed by atoms with Gasteiger partial charge < -0.3 is 25.1 Å². The van der Waals surface area contributed by atoms with E-state index in [4.69, 9.17) is 25.1 Å². The molecule has 0 radical (unpaired) electrons. The first-order chi connectivity index (χ1) is 7.15. The van der Waals surface area contributed by atoms with Crippen molar-refractivity contribution < 1.29 is 24.1 Å². The molecule has 0 atom stereocenters. The number of nitrogens with two attached hydrogens (primary N) is 1. The molecule has 1 aliphatic rings. The molecule has 0 aromatic heterocycles. The summed E-state index contributed by atoms with van der Waals surface area (Å²) < 4.78 is 15.2. The minimum Gasteiger partial charge on any atom is -0.493 e. The van der Waals surface area contributed by atoms with Crippen molar-refractivity contribution in [1.82, 2.24) is 0 Å². The molecule has 0 bridgehead atoms. The van der Waals surface area contributed by atoms with Crippen molar-refractivity contribution in [1.29, 1.82) is 0 Å². The smallest absolute Gasteiger partial charge is 0.338 e. The third kappa shape index (κ3) is 1.30. The highest BCUT2D eigenvalue weighted by Gasteiger charge is 2.26. The van der Waals surface area contributed by atoms with E-state index < -0.39 is 5.97 Å². The third-order valence-electron chi connectivity index (χ3n) is 2.10. The first kappa shape index (κ1) is 9.45. The molecule has 1 aliphatic heterocycles. The number of carboxylic acids is 1. The molecule has 1 aromatic carbocycles. The summed E-state index contributed by atoms with van der Waals surface area (Å²) in [5.74, 6) is -0.259. The van der Waals surface area contributed by atoms with E-state index in [9.17, 15) is 4.79 Å². The Kier molecular flexibility index (Phi) is 2.03. The number of nitrogen functional groups attached to an aromatic ring is 1. The van der Waals surface area contributed by atoms with Gasteiger partial charge in [-0.25, -0.2) is 4.79 Å². The number of carboxylic acid groups (broad SMARTS) is 1. The molecule has 0 saturated heterocycles. The Bertz CT molecular complexity index is 429. The van der Waals surface area contributed by atoms with E-state index in [1.807, 2.05) is 0 Å². The van der Waals surface area contributed by atoms with Crippen LogP contribution in [0.15, 0.2) is 6.07 Å². The van der Waals surface area contributed by atoms with Crippen LogP contribution in [0.5, 0.6) is 17.2 Å². The van der Waals surface area contributed by atoms with Gasteiger partial charge >= 0.3 is 5.97 Å². The maximum Gasteiger partial charge on any atom is 0.338 e. The van der Waals surface area contributed by atoms with Gasteiger partial charge in [-0.05, 0) is 0 Å². The highest BCUT2D eigenvalue weighted by atomic mass is 16.7. The molecular formula is C9H9NO5. The molecule has 0 spiro atoms. The fraction of sp³-hybridized carbons (Fsp3) is 0.222. The summed E-state index contributed by atoms with van der Waals surface area (Å²) in [7, 11) is 1.42. The summed E-state index contributed by atoms with van der Waals surface area (Å²) in [6.45, 7) is 0.0129. The van der Waals surface area contributed by atoms with E-state index in [-0.39, 0.29) is 23.8 Å². The molecule has 0 fully saturated rings. The summed E-state index contributed by atoms with van der Waals surface area (Å²) in [5.41, 5.74) is 5.61. The Balaban J connectivity index is 2.66. The molecular weight excluding hydrogens is 202 g/mol. The number of benzene rings is 1. The zero-order chi connectivity index (χ0) is 11.0. The summed E-state index contributed by atoms with van der Waals surface area (Å²) >= 11 is 0. The second-order valence-corrected chi connectivity index (χ2v) is 2.91. The van der Waals surface area contributed by atoms with Crippen LogP contribution in [0.25, 0.3) is 0 Å². The van der Waals surface area contributed by atoms with Crippen molar-refractivity contribution in [2.75, 3.05) is 19.6 Å². The minimum absolute atomic E-state index is 0.0129. The van der Waals surface area contributed by atoms with Crippen LogP contribution in [-0.4, -0.2) is 25.0 Å². The van der Waals surface area contributed by atoms with Crippen molar-refractivity contribution in [3.8, 4) is 17.2 Å². The van der Waals surface area contributed by atoms with Gasteiger partial charge in [-0.1, -0.05) is 0 Å². The Labute approximate surface area is 85.2 Å². The number of carbonyl (C=O) groups is 1. The third-order valence-corrected chi connectivity index (χ3v) is 2.10. The summed E-state index contributed by atoms with van der Waals surface area (Å²) in [6.07, 6.45) is 0. The maximum atomic E-state index is 10.9. The summed E-state index contributed by atoms with van der Waals surface area (Å²) in [4.78, 5) is 10.9. The molecule has 0 unspecified atom stereocenters. The van der Waals surface area contributed by atoms with Gasteiger partial charge in [0.15, 0.2) is 11.5 Å². The Morgan fingerprint density at radius 2 is 2.20 bits per heavy atom. The number of hydrogen-bond acceptors (Lipinski definition) is 5. The second-order valence-electron chi connectivity index (χ2n) is 2.91. The zero-order valence-corrected chi connectivity index (χ0v) is 7.94. The van der Waals surface area contributed by atoms with Crippen molar-refractivity contribution in [3.63, 3.8) is 0 Å². The molecule has 0 saturated carbocycles. The lowest BCUT2D eigenvalue weighted by Gasteiger charge is -2.08. The molecule has 2 rings (SSSR count). The lowest BCUT2D eigenvalue weighted by molar-refractivity contribution is 0.0697. The number of fused-ring (bicyclic) bond motifs is 1. The van der Waals surface area contributed by atoms with Crippen molar-refractivity contribution >= 4 is 11.7 Å². The maximum absolute atomic E-state index is 10.9. The van der Waals surface area contributed by atoms with E-state index in [2.05, 4.69) is 0 Å². The van der Waals surface area contributed by atoms with Gasteiger partial charge in [-0.3, -0.25) is 0 Å². The van der Waals surface area contributed by atoms with Crippen molar-refractivity contribution in [2.45, 2.75) is 0 Å². The van der Waals surface area contributed by atoms with Gasteiger partial charge in [0.05, 0.1) is 18.4 Å². The van der Waals surface area contributed by atoms with Gasteiger partial charge in [0, 0.05) is 6.07 Å². The largest absolute Gasteiger partial charge is 0.493 e. The highest BCUT2D eigenvalue weighted by Crippen LogP contribution is 2.46. The molecule has 1 aromatic rings. The Hall–Kier alpha value is -2.11. The second kappa shape index (κ2) is 3.23. The molecule has 0 amide bonds. The number of ether oxygens (including phenoxy) is 3. The average Bonchev–Trinajstić information content (AvgIpc) is 2.67. The summed E-state index contributed by atoms with van der Waals surface area (Å²) in [5, 5.41) is 8.88. The number of methoxy groups -OCH3 is 1. The lowest BCUT2D eigenvalue weighted by atomic mass is 10.1. The summed E-state index contributed by atoms with van der Waals surface area (Å²) in [6, 6.07) is 1.31. The lowest BCUT2D eigenvalue weighted by Crippen LogP contribution is -2.04. The molecule has 6 nitrogen and oxygen atoms in total. The van der Waals surface area contributed by atoms with Crippen LogP contribution in [0.4, 0.5) is 5.69 Å². The van der Waals surface area contributed by atoms with Crippen molar-refractivity contribution in [3.05, 3.63) is 11.6 Å². The van der Waals surface area contributed by atoms with Crippen LogP contribution in [0, 0.1) is 0 Å². The highest BCUT2D eigenvalue weighted by molar-refractivity contribution is 5.97. The zero-order valence-electron chi connectivity index (χ0n) is 7.94. The molecule has 0 aliphatic carbocycles. The molecule has 6 heteroatoms. The van der Waals surface area contributed by atoms with E-state index in [0.29, 0.717) is 11.5 Å². The molecule has 1 heterocycles. The van der Waals surface area contributed by atoms with E-state index in [1.54, 1.807) is 0 Å². The van der Waals surface area contributed by atoms with Gasteiger partial charge in [0.1, 0.15) is 0 Å². The Morgan fingerprint density at radius 1 is 1.53 bits per heavy atom. The average molecular weight is 211 g/mol. The molecule has 15 heavy (non-hydrogen) atoms. The quantitative estimate of drug-likeness (QED) is 0.700. The monoisotopic (exact) mass is 211 g/mol. The van der Waals surface area contributed by atoms with Gasteiger partial charge in [0.25, 0.3) is 0 Å². The number of aromatic carboxylic acids is 1. The van der Waals surface area contributed by atoms with Crippen LogP contribution in [0.1, 0.15) is 10.4 Å². The minimum atomic E-state index is -1.14. The number of rotatable bonds is 2. The van der Waals surface area contributed by atoms with Crippen LogP contribution in [-0.2, 0) is 0 Å².